The van der Waals surface area contributed by atoms with Crippen molar-refractivity contribution in [2.45, 2.75) is 64.1 Å². The van der Waals surface area contributed by atoms with Crippen molar-refractivity contribution in [2.75, 3.05) is 0 Å². The average molecular weight is 301 g/mol. The van der Waals surface area contributed by atoms with Crippen LogP contribution in [0.3, 0.4) is 0 Å². The van der Waals surface area contributed by atoms with E-state index in [2.05, 4.69) is 12.1 Å². The van der Waals surface area contributed by atoms with Crippen LogP contribution in [0.15, 0.2) is 24.3 Å². The number of amides is 1. The highest BCUT2D eigenvalue weighted by atomic mass is 16.5. The van der Waals surface area contributed by atoms with E-state index < -0.39 is 0 Å². The molecule has 4 heteroatoms. The Morgan fingerprint density at radius 1 is 1.23 bits per heavy atom. The summed E-state index contributed by atoms with van der Waals surface area (Å²) >= 11 is 0. The van der Waals surface area contributed by atoms with E-state index in [0.29, 0.717) is 19.4 Å². The van der Waals surface area contributed by atoms with Crippen molar-refractivity contribution in [1.29, 1.82) is 0 Å². The van der Waals surface area contributed by atoms with Crippen molar-refractivity contribution < 1.29 is 14.3 Å². The topological polar surface area (TPSA) is 46.6 Å². The second kappa shape index (κ2) is 6.51. The maximum absolute atomic E-state index is 12.1. The van der Waals surface area contributed by atoms with Crippen molar-refractivity contribution in [3.63, 3.8) is 0 Å². The minimum Gasteiger partial charge on any atom is -0.462 e. The van der Waals surface area contributed by atoms with Crippen molar-refractivity contribution in [3.05, 3.63) is 35.4 Å². The summed E-state index contributed by atoms with van der Waals surface area (Å²) in [5.41, 5.74) is 2.32. The average Bonchev–Trinajstić information content (AvgIpc) is 2.78. The summed E-state index contributed by atoms with van der Waals surface area (Å²) in [7, 11) is 0. The van der Waals surface area contributed by atoms with Gasteiger partial charge in [-0.15, -0.1) is 0 Å². The maximum Gasteiger partial charge on any atom is 0.308 e. The van der Waals surface area contributed by atoms with Gasteiger partial charge < -0.3 is 9.64 Å². The third kappa shape index (κ3) is 3.49. The Hall–Kier alpha value is -1.84. The molecule has 1 saturated heterocycles. The molecular formula is C18H23NO3. The van der Waals surface area contributed by atoms with Crippen LogP contribution >= 0.6 is 0 Å². The van der Waals surface area contributed by atoms with E-state index in [9.17, 15) is 9.59 Å². The van der Waals surface area contributed by atoms with E-state index in [4.69, 9.17) is 4.74 Å². The number of carbonyl (C=O) groups is 2. The van der Waals surface area contributed by atoms with Gasteiger partial charge in [-0.3, -0.25) is 9.59 Å². The molecule has 0 N–H and O–H groups in total. The second-order valence-corrected chi connectivity index (χ2v) is 6.45. The lowest BCUT2D eigenvalue weighted by atomic mass is 9.96. The van der Waals surface area contributed by atoms with Gasteiger partial charge in [0.1, 0.15) is 6.10 Å². The quantitative estimate of drug-likeness (QED) is 0.786. The number of hydrogen-bond acceptors (Lipinski definition) is 3. The zero-order chi connectivity index (χ0) is 15.5. The molecule has 1 aliphatic heterocycles. The molecule has 1 aromatic carbocycles. The molecule has 3 rings (SSSR count). The fraction of sp³-hybridized carbons (Fsp3) is 0.556. The van der Waals surface area contributed by atoms with Crippen LogP contribution in [0.4, 0.5) is 0 Å². The number of esters is 1. The maximum atomic E-state index is 12.1. The summed E-state index contributed by atoms with van der Waals surface area (Å²) < 4.78 is 5.42. The fourth-order valence-corrected chi connectivity index (χ4v) is 3.03. The van der Waals surface area contributed by atoms with E-state index in [1.165, 1.54) is 5.56 Å². The SMILES string of the molecule is Cc1ccc(CN2C(=O)CCC2CC(=O)OC2CCC2)cc1. The van der Waals surface area contributed by atoms with Gasteiger partial charge in [-0.2, -0.15) is 0 Å². The number of carbonyl (C=O) groups excluding carboxylic acids is 2. The Balaban J connectivity index is 1.58. The second-order valence-electron chi connectivity index (χ2n) is 6.45. The van der Waals surface area contributed by atoms with E-state index >= 15 is 0 Å². The Morgan fingerprint density at radius 3 is 2.59 bits per heavy atom. The van der Waals surface area contributed by atoms with Crippen LogP contribution in [0.1, 0.15) is 49.7 Å². The third-order valence-electron chi connectivity index (χ3n) is 4.68. The lowest BCUT2D eigenvalue weighted by Gasteiger charge is -2.28. The first-order chi connectivity index (χ1) is 10.6. The molecular weight excluding hydrogens is 278 g/mol. The lowest BCUT2D eigenvalue weighted by Crippen LogP contribution is -2.35. The molecule has 1 unspecified atom stereocenters. The minimum absolute atomic E-state index is 0.0126. The van der Waals surface area contributed by atoms with Crippen LogP contribution in [0.5, 0.6) is 0 Å². The molecule has 1 aromatic rings. The first kappa shape index (κ1) is 15.1. The number of ether oxygens (including phenoxy) is 1. The van der Waals surface area contributed by atoms with Crippen LogP contribution in [0.25, 0.3) is 0 Å². The lowest BCUT2D eigenvalue weighted by molar-refractivity contribution is -0.154. The summed E-state index contributed by atoms with van der Waals surface area (Å²) in [4.78, 5) is 25.9. The standard InChI is InChI=1S/C18H23NO3/c1-13-5-7-14(8-6-13)12-19-15(9-10-17(19)20)11-18(21)22-16-3-2-4-16/h5-8,15-16H,2-4,9-12H2,1H3. The smallest absolute Gasteiger partial charge is 0.308 e. The predicted octanol–water partition coefficient (Wildman–Crippen LogP) is 2.97. The number of aryl methyl sites for hydroxylation is 1. The van der Waals surface area contributed by atoms with Crippen LogP contribution in [0.2, 0.25) is 0 Å². The molecule has 118 valence electrons. The molecule has 1 heterocycles. The van der Waals surface area contributed by atoms with Crippen LogP contribution < -0.4 is 0 Å². The van der Waals surface area contributed by atoms with Crippen LogP contribution in [0, 0.1) is 6.92 Å². The summed E-state index contributed by atoms with van der Waals surface area (Å²) in [6.07, 6.45) is 4.87. The van der Waals surface area contributed by atoms with Crippen molar-refractivity contribution in [2.24, 2.45) is 0 Å². The van der Waals surface area contributed by atoms with Crippen LogP contribution in [-0.2, 0) is 20.9 Å². The van der Waals surface area contributed by atoms with Gasteiger partial charge in [0.15, 0.2) is 0 Å². The highest BCUT2D eigenvalue weighted by molar-refractivity contribution is 5.80. The Bertz CT molecular complexity index is 548. The molecule has 1 saturated carbocycles. The molecule has 0 bridgehead atoms. The molecule has 2 aliphatic rings. The van der Waals surface area contributed by atoms with E-state index in [-0.39, 0.29) is 24.0 Å². The van der Waals surface area contributed by atoms with Gasteiger partial charge in [0.05, 0.1) is 6.42 Å². The molecule has 0 radical (unpaired) electrons. The van der Waals surface area contributed by atoms with Gasteiger partial charge >= 0.3 is 5.97 Å². The first-order valence-corrected chi connectivity index (χ1v) is 8.16. The van der Waals surface area contributed by atoms with Crippen molar-refractivity contribution in [1.82, 2.24) is 4.90 Å². The molecule has 1 atom stereocenters. The molecule has 2 fully saturated rings. The van der Waals surface area contributed by atoms with Gasteiger partial charge in [0, 0.05) is 19.0 Å². The van der Waals surface area contributed by atoms with E-state index in [0.717, 1.165) is 31.2 Å². The summed E-state index contributed by atoms with van der Waals surface area (Å²) in [6, 6.07) is 8.18. The first-order valence-electron chi connectivity index (χ1n) is 8.16. The zero-order valence-corrected chi connectivity index (χ0v) is 13.1. The molecule has 22 heavy (non-hydrogen) atoms. The fourth-order valence-electron chi connectivity index (χ4n) is 3.03. The zero-order valence-electron chi connectivity index (χ0n) is 13.1. The molecule has 1 aliphatic carbocycles. The summed E-state index contributed by atoms with van der Waals surface area (Å²) in [5.74, 6) is -0.0136. The largest absolute Gasteiger partial charge is 0.462 e. The van der Waals surface area contributed by atoms with Crippen molar-refractivity contribution >= 4 is 11.9 Å². The normalized spacial score (nSPS) is 21.8. The highest BCUT2D eigenvalue weighted by Crippen LogP contribution is 2.26. The number of rotatable bonds is 5. The number of hydrogen-bond donors (Lipinski definition) is 0. The number of nitrogens with zero attached hydrogens (tertiary/aromatic N) is 1. The Morgan fingerprint density at radius 2 is 1.95 bits per heavy atom. The Kier molecular flexibility index (Phi) is 4.46. The molecule has 1 amide bonds. The van der Waals surface area contributed by atoms with E-state index in [1.807, 2.05) is 24.0 Å². The molecule has 0 aromatic heterocycles. The number of likely N-dealkylation sites (tertiary alicyclic amines) is 1. The van der Waals surface area contributed by atoms with E-state index in [1.54, 1.807) is 0 Å². The van der Waals surface area contributed by atoms with Gasteiger partial charge in [-0.05, 0) is 38.2 Å². The monoisotopic (exact) mass is 301 g/mol. The molecule has 0 spiro atoms. The Labute approximate surface area is 131 Å². The van der Waals surface area contributed by atoms with Gasteiger partial charge in [0.2, 0.25) is 5.91 Å². The highest BCUT2D eigenvalue weighted by Gasteiger charge is 2.33. The summed E-state index contributed by atoms with van der Waals surface area (Å²) in [5, 5.41) is 0. The van der Waals surface area contributed by atoms with Gasteiger partial charge in [0.25, 0.3) is 0 Å². The third-order valence-corrected chi connectivity index (χ3v) is 4.68. The minimum atomic E-state index is -0.154. The van der Waals surface area contributed by atoms with Gasteiger partial charge in [-0.25, -0.2) is 0 Å². The number of benzene rings is 1. The molecule has 4 nitrogen and oxygen atoms in total. The predicted molar refractivity (Wildman–Crippen MR) is 83.1 cm³/mol. The van der Waals surface area contributed by atoms with Crippen molar-refractivity contribution in [3.8, 4) is 0 Å². The summed E-state index contributed by atoms with van der Waals surface area (Å²) in [6.45, 7) is 2.63. The van der Waals surface area contributed by atoms with Gasteiger partial charge in [-0.1, -0.05) is 29.8 Å². The van der Waals surface area contributed by atoms with Crippen LogP contribution in [-0.4, -0.2) is 28.9 Å².